The number of aromatic amines is 1. The number of alkyl halides is 3. The summed E-state index contributed by atoms with van der Waals surface area (Å²) in [6.07, 6.45) is -4.93. The quantitative estimate of drug-likeness (QED) is 0.892. The molecule has 21 heavy (non-hydrogen) atoms. The van der Waals surface area contributed by atoms with Crippen LogP contribution >= 0.6 is 0 Å². The first-order chi connectivity index (χ1) is 9.77. The Morgan fingerprint density at radius 1 is 1.24 bits per heavy atom. The Balaban J connectivity index is 2.23. The molecule has 0 aliphatic rings. The third-order valence-electron chi connectivity index (χ3n) is 2.67. The Morgan fingerprint density at radius 2 is 1.86 bits per heavy atom. The molecule has 0 fully saturated rings. The van der Waals surface area contributed by atoms with Crippen molar-refractivity contribution < 1.29 is 18.0 Å². The van der Waals surface area contributed by atoms with Gasteiger partial charge in [0.1, 0.15) is 0 Å². The lowest BCUT2D eigenvalue weighted by molar-refractivity contribution is -0.167. The summed E-state index contributed by atoms with van der Waals surface area (Å²) in [5, 5.41) is 7.90. The van der Waals surface area contributed by atoms with Gasteiger partial charge in [-0.25, -0.2) is 5.10 Å². The van der Waals surface area contributed by atoms with Gasteiger partial charge in [-0.3, -0.25) is 9.59 Å². The molecule has 5 nitrogen and oxygen atoms in total. The zero-order valence-corrected chi connectivity index (χ0v) is 10.8. The number of carbonyl (C=O) groups is 1. The van der Waals surface area contributed by atoms with E-state index in [0.717, 1.165) is 0 Å². The predicted molar refractivity (Wildman–Crippen MR) is 69.7 cm³/mol. The van der Waals surface area contributed by atoms with Crippen molar-refractivity contribution in [2.45, 2.75) is 13.1 Å². The number of benzene rings is 1. The molecule has 0 spiro atoms. The smallest absolute Gasteiger partial charge is 0.318 e. The van der Waals surface area contributed by atoms with Crippen LogP contribution in [0.4, 0.5) is 18.9 Å². The van der Waals surface area contributed by atoms with E-state index in [4.69, 9.17) is 0 Å². The van der Waals surface area contributed by atoms with Crippen molar-refractivity contribution in [1.82, 2.24) is 10.2 Å². The van der Waals surface area contributed by atoms with E-state index in [1.807, 2.05) is 0 Å². The SMILES string of the molecule is Cc1cc(=O)[nH]nc1-c1ccc(NC(=O)C(F)(F)F)cc1. The number of aromatic nitrogens is 2. The van der Waals surface area contributed by atoms with Crippen LogP contribution in [0.5, 0.6) is 0 Å². The Morgan fingerprint density at radius 3 is 2.38 bits per heavy atom. The monoisotopic (exact) mass is 297 g/mol. The van der Waals surface area contributed by atoms with E-state index >= 15 is 0 Å². The van der Waals surface area contributed by atoms with Crippen molar-refractivity contribution in [3.8, 4) is 11.3 Å². The minimum absolute atomic E-state index is 0.0168. The Bertz CT molecular complexity index is 721. The van der Waals surface area contributed by atoms with E-state index in [1.165, 1.54) is 30.3 Å². The van der Waals surface area contributed by atoms with Crippen LogP contribution in [-0.2, 0) is 4.79 Å². The first-order valence-corrected chi connectivity index (χ1v) is 5.82. The van der Waals surface area contributed by atoms with Crippen LogP contribution in [-0.4, -0.2) is 22.3 Å². The first kappa shape index (κ1) is 14.8. The molecule has 0 aliphatic carbocycles. The second-order valence-corrected chi connectivity index (χ2v) is 4.29. The average Bonchev–Trinajstić information content (AvgIpc) is 2.39. The number of halogens is 3. The molecule has 0 unspecified atom stereocenters. The molecular weight excluding hydrogens is 287 g/mol. The van der Waals surface area contributed by atoms with Gasteiger partial charge in [-0.1, -0.05) is 12.1 Å². The molecule has 1 amide bonds. The second kappa shape index (κ2) is 5.39. The van der Waals surface area contributed by atoms with Gasteiger partial charge in [-0.2, -0.15) is 18.3 Å². The molecule has 0 saturated carbocycles. The Hall–Kier alpha value is -2.64. The molecule has 0 atom stereocenters. The van der Waals surface area contributed by atoms with Crippen molar-refractivity contribution in [3.05, 3.63) is 46.2 Å². The largest absolute Gasteiger partial charge is 0.471 e. The number of amides is 1. The molecule has 0 aliphatic heterocycles. The van der Waals surface area contributed by atoms with Gasteiger partial charge in [-0.15, -0.1) is 0 Å². The highest BCUT2D eigenvalue weighted by Crippen LogP contribution is 2.23. The maximum absolute atomic E-state index is 12.1. The lowest BCUT2D eigenvalue weighted by atomic mass is 10.1. The van der Waals surface area contributed by atoms with Crippen molar-refractivity contribution in [1.29, 1.82) is 0 Å². The number of hydrogen-bond acceptors (Lipinski definition) is 3. The van der Waals surface area contributed by atoms with Crippen LogP contribution in [0.25, 0.3) is 11.3 Å². The van der Waals surface area contributed by atoms with Gasteiger partial charge >= 0.3 is 12.1 Å². The molecular formula is C13H10F3N3O2. The molecule has 0 bridgehead atoms. The fourth-order valence-electron chi connectivity index (χ4n) is 1.70. The number of aryl methyl sites for hydroxylation is 1. The zero-order valence-electron chi connectivity index (χ0n) is 10.8. The summed E-state index contributed by atoms with van der Waals surface area (Å²) in [6.45, 7) is 1.69. The lowest BCUT2D eigenvalue weighted by Crippen LogP contribution is -2.29. The molecule has 110 valence electrons. The van der Waals surface area contributed by atoms with E-state index in [-0.39, 0.29) is 11.2 Å². The summed E-state index contributed by atoms with van der Waals surface area (Å²) >= 11 is 0. The Labute approximate surface area is 116 Å². The fraction of sp³-hybridized carbons (Fsp3) is 0.154. The summed E-state index contributed by atoms with van der Waals surface area (Å²) in [5.74, 6) is -2.03. The van der Waals surface area contributed by atoms with Crippen molar-refractivity contribution in [2.24, 2.45) is 0 Å². The van der Waals surface area contributed by atoms with Crippen LogP contribution in [0.3, 0.4) is 0 Å². The van der Waals surface area contributed by atoms with Crippen LogP contribution in [0, 0.1) is 6.92 Å². The van der Waals surface area contributed by atoms with Crippen LogP contribution in [0.1, 0.15) is 5.56 Å². The minimum atomic E-state index is -4.93. The summed E-state index contributed by atoms with van der Waals surface area (Å²) in [4.78, 5) is 21.9. The third-order valence-corrected chi connectivity index (χ3v) is 2.67. The predicted octanol–water partition coefficient (Wildman–Crippen LogP) is 2.25. The van der Waals surface area contributed by atoms with Gasteiger partial charge in [-0.05, 0) is 24.6 Å². The molecule has 0 saturated heterocycles. The summed E-state index contributed by atoms with van der Waals surface area (Å²) in [6, 6.07) is 7.01. The van der Waals surface area contributed by atoms with Gasteiger partial charge in [0.15, 0.2) is 0 Å². The molecule has 0 radical (unpaired) electrons. The molecule has 1 aromatic carbocycles. The highest BCUT2D eigenvalue weighted by Gasteiger charge is 2.38. The van der Waals surface area contributed by atoms with E-state index < -0.39 is 12.1 Å². The highest BCUT2D eigenvalue weighted by atomic mass is 19.4. The zero-order chi connectivity index (χ0) is 15.6. The third kappa shape index (κ3) is 3.47. The molecule has 1 heterocycles. The minimum Gasteiger partial charge on any atom is -0.318 e. The Kier molecular flexibility index (Phi) is 3.79. The van der Waals surface area contributed by atoms with E-state index in [9.17, 15) is 22.8 Å². The van der Waals surface area contributed by atoms with E-state index in [0.29, 0.717) is 16.8 Å². The van der Waals surface area contributed by atoms with Crippen molar-refractivity contribution >= 4 is 11.6 Å². The van der Waals surface area contributed by atoms with E-state index in [1.54, 1.807) is 12.2 Å². The van der Waals surface area contributed by atoms with Gasteiger partial charge in [0.25, 0.3) is 5.56 Å². The van der Waals surface area contributed by atoms with Crippen molar-refractivity contribution in [3.63, 3.8) is 0 Å². The average molecular weight is 297 g/mol. The van der Waals surface area contributed by atoms with Gasteiger partial charge in [0, 0.05) is 17.3 Å². The fourth-order valence-corrected chi connectivity index (χ4v) is 1.70. The molecule has 8 heteroatoms. The summed E-state index contributed by atoms with van der Waals surface area (Å²) < 4.78 is 36.3. The first-order valence-electron chi connectivity index (χ1n) is 5.82. The van der Waals surface area contributed by atoms with Crippen LogP contribution < -0.4 is 10.9 Å². The lowest BCUT2D eigenvalue weighted by Gasteiger charge is -2.09. The number of rotatable bonds is 2. The van der Waals surface area contributed by atoms with Crippen LogP contribution in [0.2, 0.25) is 0 Å². The number of anilines is 1. The number of carbonyl (C=O) groups excluding carboxylic acids is 1. The summed E-state index contributed by atoms with van der Waals surface area (Å²) in [5.41, 5.74) is 1.41. The standard InChI is InChI=1S/C13H10F3N3O2/c1-7-6-10(20)18-19-11(7)8-2-4-9(5-3-8)17-12(21)13(14,15)16/h2-6H,1H3,(H,17,21)(H,18,20). The van der Waals surface area contributed by atoms with Gasteiger partial charge in [0.05, 0.1) is 5.69 Å². The van der Waals surface area contributed by atoms with Crippen LogP contribution in [0.15, 0.2) is 35.1 Å². The second-order valence-electron chi connectivity index (χ2n) is 4.29. The highest BCUT2D eigenvalue weighted by molar-refractivity contribution is 5.95. The van der Waals surface area contributed by atoms with Gasteiger partial charge in [0.2, 0.25) is 0 Å². The summed E-state index contributed by atoms with van der Waals surface area (Å²) in [7, 11) is 0. The molecule has 2 N–H and O–H groups in total. The molecule has 2 aromatic rings. The number of nitrogens with zero attached hydrogens (tertiary/aromatic N) is 1. The normalized spacial score (nSPS) is 11.2. The van der Waals surface area contributed by atoms with Gasteiger partial charge < -0.3 is 5.32 Å². The van der Waals surface area contributed by atoms with Crippen molar-refractivity contribution in [2.75, 3.05) is 5.32 Å². The maximum Gasteiger partial charge on any atom is 0.471 e. The molecule has 1 aromatic heterocycles. The number of H-pyrrole nitrogens is 1. The topological polar surface area (TPSA) is 74.8 Å². The number of nitrogens with one attached hydrogen (secondary N) is 2. The van der Waals surface area contributed by atoms with E-state index in [2.05, 4.69) is 10.2 Å². The maximum atomic E-state index is 12.1. The number of hydrogen-bond donors (Lipinski definition) is 2. The molecule has 2 rings (SSSR count).